The Morgan fingerprint density at radius 2 is 1.05 bits per heavy atom. The first-order valence-electron chi connectivity index (χ1n) is 17.1. The van der Waals surface area contributed by atoms with E-state index in [4.69, 9.17) is 9.47 Å². The second-order valence-electron chi connectivity index (χ2n) is 11.9. The first-order chi connectivity index (χ1) is 21.0. The maximum Gasteiger partial charge on any atom is 0.335 e. The van der Waals surface area contributed by atoms with Crippen molar-refractivity contribution in [1.82, 2.24) is 0 Å². The summed E-state index contributed by atoms with van der Waals surface area (Å²) in [7, 11) is 0. The van der Waals surface area contributed by atoms with E-state index in [9.17, 15) is 20.1 Å². The molecule has 0 saturated carbocycles. The summed E-state index contributed by atoms with van der Waals surface area (Å²) < 4.78 is 11.8. The van der Waals surface area contributed by atoms with Gasteiger partial charge in [-0.1, -0.05) is 128 Å². The van der Waals surface area contributed by atoms with Crippen LogP contribution in [0.15, 0.2) is 36.4 Å². The number of phenols is 2. The van der Waals surface area contributed by atoms with Gasteiger partial charge in [-0.15, -0.1) is 0 Å². The van der Waals surface area contributed by atoms with E-state index < -0.39 is 5.97 Å². The zero-order chi connectivity index (χ0) is 31.0. The number of carboxylic acid groups (broad SMARTS) is 1. The van der Waals surface area contributed by atoms with Crippen molar-refractivity contribution in [2.75, 3.05) is 13.2 Å². The van der Waals surface area contributed by atoms with Crippen LogP contribution in [-0.2, 0) is 6.42 Å². The van der Waals surface area contributed by atoms with Crippen LogP contribution >= 0.6 is 0 Å². The summed E-state index contributed by atoms with van der Waals surface area (Å²) in [6.07, 6.45) is 25.3. The van der Waals surface area contributed by atoms with Crippen molar-refractivity contribution in [2.24, 2.45) is 0 Å². The smallest absolute Gasteiger partial charge is 0.335 e. The van der Waals surface area contributed by atoms with Crippen molar-refractivity contribution >= 4 is 5.97 Å². The van der Waals surface area contributed by atoms with Crippen LogP contribution in [0.5, 0.6) is 23.0 Å². The molecule has 3 N–H and O–H groups in total. The molecule has 0 amide bonds. The van der Waals surface area contributed by atoms with Gasteiger partial charge in [-0.2, -0.15) is 0 Å². The van der Waals surface area contributed by atoms with Crippen molar-refractivity contribution in [2.45, 2.75) is 142 Å². The van der Waals surface area contributed by atoms with E-state index in [2.05, 4.69) is 6.92 Å². The number of para-hydroxylation sites is 1. The number of unbranched alkanes of at least 4 members (excludes halogenated alkanes) is 18. The van der Waals surface area contributed by atoms with E-state index in [0.717, 1.165) is 63.4 Å². The Morgan fingerprint density at radius 3 is 1.51 bits per heavy atom. The van der Waals surface area contributed by atoms with E-state index in [1.54, 1.807) is 24.3 Å². The van der Waals surface area contributed by atoms with Crippen LogP contribution in [-0.4, -0.2) is 34.5 Å². The lowest BCUT2D eigenvalue weighted by atomic mass is 10.0. The summed E-state index contributed by atoms with van der Waals surface area (Å²) in [6.45, 7) is 3.40. The normalized spacial score (nSPS) is 11.1. The molecule has 2 aromatic carbocycles. The van der Waals surface area contributed by atoms with Gasteiger partial charge in [-0.25, -0.2) is 4.79 Å². The standard InChI is InChI=1S/C37H58O6/c1-2-3-4-5-6-7-8-9-10-11-12-14-17-20-26-42-33-28-32(37(40)41)29-34(30-33)43-27-21-18-15-13-16-19-23-31-24-22-25-35(38)36(31)39/h22,24-25,28-30,38-39H,2-21,23,26-27H2,1H3,(H,40,41). The molecule has 0 aromatic heterocycles. The lowest BCUT2D eigenvalue weighted by Gasteiger charge is -2.11. The van der Waals surface area contributed by atoms with Crippen molar-refractivity contribution in [3.05, 3.63) is 47.5 Å². The number of aromatic carboxylic acids is 1. The van der Waals surface area contributed by atoms with Crippen molar-refractivity contribution in [1.29, 1.82) is 0 Å². The largest absolute Gasteiger partial charge is 0.504 e. The van der Waals surface area contributed by atoms with Crippen LogP contribution < -0.4 is 9.47 Å². The number of aryl methyl sites for hydroxylation is 1. The number of aromatic hydroxyl groups is 2. The van der Waals surface area contributed by atoms with Crippen LogP contribution in [0.1, 0.15) is 151 Å². The van der Waals surface area contributed by atoms with Crippen LogP contribution in [0.4, 0.5) is 0 Å². The van der Waals surface area contributed by atoms with E-state index >= 15 is 0 Å². The minimum Gasteiger partial charge on any atom is -0.504 e. The number of carboxylic acids is 1. The molecule has 0 aliphatic heterocycles. The van der Waals surface area contributed by atoms with E-state index in [1.165, 1.54) is 83.1 Å². The van der Waals surface area contributed by atoms with Gasteiger partial charge in [0, 0.05) is 6.07 Å². The van der Waals surface area contributed by atoms with Gasteiger partial charge in [-0.3, -0.25) is 0 Å². The molecule has 0 aliphatic rings. The van der Waals surface area contributed by atoms with Gasteiger partial charge in [0.1, 0.15) is 11.5 Å². The maximum atomic E-state index is 11.6. The molecular formula is C37H58O6. The second-order valence-corrected chi connectivity index (χ2v) is 11.9. The summed E-state index contributed by atoms with van der Waals surface area (Å²) in [5.74, 6) is 0.0556. The average Bonchev–Trinajstić information content (AvgIpc) is 3.00. The Balaban J connectivity index is 1.51. The highest BCUT2D eigenvalue weighted by molar-refractivity contribution is 5.88. The molecule has 0 aliphatic carbocycles. The monoisotopic (exact) mass is 598 g/mol. The molecule has 0 bridgehead atoms. The first kappa shape index (κ1) is 36.3. The SMILES string of the molecule is CCCCCCCCCCCCCCCCOc1cc(OCCCCCCCCc2cccc(O)c2O)cc(C(=O)O)c1. The molecule has 43 heavy (non-hydrogen) atoms. The fourth-order valence-electron chi connectivity index (χ4n) is 5.44. The molecule has 6 heteroatoms. The zero-order valence-electron chi connectivity index (χ0n) is 26.8. The maximum absolute atomic E-state index is 11.6. The molecule has 0 unspecified atom stereocenters. The Kier molecular flexibility index (Phi) is 19.9. The fraction of sp³-hybridized carbons (Fsp3) is 0.649. The van der Waals surface area contributed by atoms with E-state index in [0.29, 0.717) is 24.7 Å². The van der Waals surface area contributed by atoms with Crippen molar-refractivity contribution < 1.29 is 29.6 Å². The molecule has 0 saturated heterocycles. The molecule has 242 valence electrons. The minimum absolute atomic E-state index is 0.00464. The third kappa shape index (κ3) is 17.1. The van der Waals surface area contributed by atoms with Crippen LogP contribution in [0.2, 0.25) is 0 Å². The summed E-state index contributed by atoms with van der Waals surface area (Å²) in [4.78, 5) is 11.6. The number of hydrogen-bond acceptors (Lipinski definition) is 5. The number of phenolic OH excluding ortho intramolecular Hbond substituents is 2. The first-order valence-corrected chi connectivity index (χ1v) is 17.1. The van der Waals surface area contributed by atoms with Crippen molar-refractivity contribution in [3.8, 4) is 23.0 Å². The van der Waals surface area contributed by atoms with E-state index in [-0.39, 0.29) is 17.1 Å². The number of benzene rings is 2. The van der Waals surface area contributed by atoms with Gasteiger partial charge >= 0.3 is 5.97 Å². The molecule has 2 aromatic rings. The average molecular weight is 599 g/mol. The Bertz CT molecular complexity index is 1000. The Morgan fingerprint density at radius 1 is 0.605 bits per heavy atom. The number of hydrogen-bond donors (Lipinski definition) is 3. The quantitative estimate of drug-likeness (QED) is 0.0699. The fourth-order valence-corrected chi connectivity index (χ4v) is 5.44. The van der Waals surface area contributed by atoms with E-state index in [1.807, 2.05) is 6.07 Å². The zero-order valence-corrected chi connectivity index (χ0v) is 26.8. The lowest BCUT2D eigenvalue weighted by Crippen LogP contribution is -2.03. The molecule has 0 fully saturated rings. The van der Waals surface area contributed by atoms with Gasteiger partial charge < -0.3 is 24.8 Å². The highest BCUT2D eigenvalue weighted by Gasteiger charge is 2.09. The summed E-state index contributed by atoms with van der Waals surface area (Å²) in [5.41, 5.74) is 0.978. The Hall–Kier alpha value is -2.89. The predicted molar refractivity (Wildman–Crippen MR) is 176 cm³/mol. The second kappa shape index (κ2) is 23.6. The number of ether oxygens (including phenoxy) is 2. The van der Waals surface area contributed by atoms with Gasteiger partial charge in [0.15, 0.2) is 11.5 Å². The third-order valence-electron chi connectivity index (χ3n) is 8.10. The van der Waals surface area contributed by atoms with Gasteiger partial charge in [-0.05, 0) is 49.4 Å². The van der Waals surface area contributed by atoms with Gasteiger partial charge in [0.2, 0.25) is 0 Å². The molecule has 0 heterocycles. The topological polar surface area (TPSA) is 96.2 Å². The molecule has 0 spiro atoms. The minimum atomic E-state index is -0.981. The summed E-state index contributed by atoms with van der Waals surface area (Å²) in [6, 6.07) is 10.0. The Labute approximate surface area is 260 Å². The van der Waals surface area contributed by atoms with Crippen LogP contribution in [0.3, 0.4) is 0 Å². The van der Waals surface area contributed by atoms with Crippen molar-refractivity contribution in [3.63, 3.8) is 0 Å². The van der Waals surface area contributed by atoms with Gasteiger partial charge in [0.25, 0.3) is 0 Å². The lowest BCUT2D eigenvalue weighted by molar-refractivity contribution is 0.0695. The molecule has 0 radical (unpaired) electrons. The molecule has 0 atom stereocenters. The summed E-state index contributed by atoms with van der Waals surface area (Å²) >= 11 is 0. The predicted octanol–water partition coefficient (Wildman–Crippen LogP) is 10.6. The van der Waals surface area contributed by atoms with Crippen LogP contribution in [0.25, 0.3) is 0 Å². The molecule has 6 nitrogen and oxygen atoms in total. The number of rotatable bonds is 27. The highest BCUT2D eigenvalue weighted by Crippen LogP contribution is 2.29. The molecular weight excluding hydrogens is 540 g/mol. The third-order valence-corrected chi connectivity index (χ3v) is 8.10. The molecule has 2 rings (SSSR count). The number of carbonyl (C=O) groups is 1. The van der Waals surface area contributed by atoms with Crippen LogP contribution in [0, 0.1) is 0 Å². The van der Waals surface area contributed by atoms with Gasteiger partial charge in [0.05, 0.1) is 18.8 Å². The summed E-state index contributed by atoms with van der Waals surface area (Å²) in [5, 5.41) is 29.0. The highest BCUT2D eigenvalue weighted by atomic mass is 16.5.